The first-order chi connectivity index (χ1) is 14.1. The van der Waals surface area contributed by atoms with Crippen LogP contribution in [-0.2, 0) is 20.4 Å². The zero-order chi connectivity index (χ0) is 22.3. The highest BCUT2D eigenvalue weighted by atomic mass is 32.1. The van der Waals surface area contributed by atoms with E-state index < -0.39 is 23.3 Å². The number of ether oxygens (including phenoxy) is 3. The van der Waals surface area contributed by atoms with Crippen LogP contribution in [0.5, 0.6) is 5.75 Å². The van der Waals surface area contributed by atoms with Crippen LogP contribution in [-0.4, -0.2) is 56.8 Å². The van der Waals surface area contributed by atoms with Crippen LogP contribution in [0.15, 0.2) is 29.6 Å². The molecule has 1 aromatic carbocycles. The van der Waals surface area contributed by atoms with Gasteiger partial charge in [-0.05, 0) is 30.7 Å². The average molecular weight is 446 g/mol. The number of benzene rings is 1. The molecule has 1 aromatic heterocycles. The number of thiazole rings is 1. The van der Waals surface area contributed by atoms with E-state index >= 15 is 0 Å². The highest BCUT2D eigenvalue weighted by Gasteiger charge is 2.35. The Balaban J connectivity index is 1.91. The van der Waals surface area contributed by atoms with Gasteiger partial charge in [-0.1, -0.05) is 19.1 Å². The summed E-state index contributed by atoms with van der Waals surface area (Å²) in [6.07, 6.45) is -5.00. The second-order valence-corrected chi connectivity index (χ2v) is 7.71. The highest BCUT2D eigenvalue weighted by Crippen LogP contribution is 2.33. The van der Waals surface area contributed by atoms with Crippen LogP contribution in [0.3, 0.4) is 0 Å². The van der Waals surface area contributed by atoms with Crippen molar-refractivity contribution in [1.29, 1.82) is 0 Å². The summed E-state index contributed by atoms with van der Waals surface area (Å²) in [5, 5.41) is 0.520. The summed E-state index contributed by atoms with van der Waals surface area (Å²) in [7, 11) is 4.64. The molecular weight excluding hydrogens is 421 g/mol. The average Bonchev–Trinajstić information content (AvgIpc) is 3.21. The molecule has 0 aliphatic rings. The maximum Gasteiger partial charge on any atom is 0.443 e. The smallest absolute Gasteiger partial charge is 0.443 e. The maximum absolute atomic E-state index is 12.8. The minimum absolute atomic E-state index is 0.154. The van der Waals surface area contributed by atoms with Crippen LogP contribution in [0.25, 0.3) is 0 Å². The van der Waals surface area contributed by atoms with E-state index in [1.165, 1.54) is 19.6 Å². The number of methoxy groups -OCH3 is 2. The van der Waals surface area contributed by atoms with Crippen molar-refractivity contribution in [3.8, 4) is 5.75 Å². The molecule has 0 radical (unpaired) electrons. The van der Waals surface area contributed by atoms with Crippen LogP contribution < -0.4 is 4.74 Å². The summed E-state index contributed by atoms with van der Waals surface area (Å²) < 4.78 is 53.6. The fourth-order valence-corrected chi connectivity index (χ4v) is 3.61. The second-order valence-electron chi connectivity index (χ2n) is 6.86. The van der Waals surface area contributed by atoms with E-state index in [-0.39, 0.29) is 18.2 Å². The highest BCUT2D eigenvalue weighted by molar-refractivity contribution is 7.09. The molecule has 0 saturated carbocycles. The van der Waals surface area contributed by atoms with Crippen LogP contribution in [0.2, 0.25) is 0 Å². The number of rotatable bonds is 10. The second kappa shape index (κ2) is 10.7. The van der Waals surface area contributed by atoms with Crippen molar-refractivity contribution in [1.82, 2.24) is 9.88 Å². The molecule has 0 N–H and O–H groups in total. The summed E-state index contributed by atoms with van der Waals surface area (Å²) in [6, 6.07) is 7.38. The van der Waals surface area contributed by atoms with E-state index in [1.807, 2.05) is 31.0 Å². The van der Waals surface area contributed by atoms with Crippen molar-refractivity contribution >= 4 is 17.3 Å². The van der Waals surface area contributed by atoms with Crippen LogP contribution in [0.1, 0.15) is 35.2 Å². The van der Waals surface area contributed by atoms with Crippen LogP contribution in [0.4, 0.5) is 13.2 Å². The van der Waals surface area contributed by atoms with E-state index in [2.05, 4.69) is 9.72 Å². The lowest BCUT2D eigenvalue weighted by atomic mass is 10.0. The third-order valence-electron chi connectivity index (χ3n) is 4.48. The molecule has 1 heterocycles. The van der Waals surface area contributed by atoms with Gasteiger partial charge in [0.1, 0.15) is 11.9 Å². The lowest BCUT2D eigenvalue weighted by Gasteiger charge is -2.25. The van der Waals surface area contributed by atoms with Gasteiger partial charge in [-0.15, -0.1) is 11.3 Å². The number of alkyl halides is 3. The molecule has 2 unspecified atom stereocenters. The van der Waals surface area contributed by atoms with E-state index in [4.69, 9.17) is 9.47 Å². The lowest BCUT2D eigenvalue weighted by Crippen LogP contribution is -2.29. The Morgan fingerprint density at radius 2 is 1.87 bits per heavy atom. The molecule has 0 aliphatic carbocycles. The third-order valence-corrected chi connectivity index (χ3v) is 5.38. The van der Waals surface area contributed by atoms with E-state index in [1.54, 1.807) is 12.1 Å². The Morgan fingerprint density at radius 1 is 1.20 bits per heavy atom. The summed E-state index contributed by atoms with van der Waals surface area (Å²) in [5.74, 6) is 0.265. The van der Waals surface area contributed by atoms with Gasteiger partial charge >= 0.3 is 12.1 Å². The van der Waals surface area contributed by atoms with Gasteiger partial charge in [0.25, 0.3) is 0 Å². The fourth-order valence-electron chi connectivity index (χ4n) is 2.88. The number of carbonyl (C=O) groups excluding carboxylic acids is 1. The van der Waals surface area contributed by atoms with E-state index in [0.717, 1.165) is 5.56 Å². The summed E-state index contributed by atoms with van der Waals surface area (Å²) in [6.45, 7) is 2.97. The van der Waals surface area contributed by atoms with Gasteiger partial charge in [-0.2, -0.15) is 13.2 Å². The number of aromatic nitrogens is 1. The molecule has 166 valence electrons. The van der Waals surface area contributed by atoms with Crippen molar-refractivity contribution in [2.75, 3.05) is 41.0 Å². The number of esters is 1. The molecule has 10 heteroatoms. The first kappa shape index (κ1) is 24.1. The van der Waals surface area contributed by atoms with Crippen molar-refractivity contribution in [3.05, 3.63) is 45.9 Å². The molecule has 0 amide bonds. The zero-order valence-electron chi connectivity index (χ0n) is 17.2. The monoisotopic (exact) mass is 446 g/mol. The summed E-state index contributed by atoms with van der Waals surface area (Å²) >= 11 is 0.571. The molecule has 2 rings (SSSR count). The van der Waals surface area contributed by atoms with Crippen molar-refractivity contribution in [2.24, 2.45) is 0 Å². The first-order valence-electron chi connectivity index (χ1n) is 9.17. The SMILES string of the molecule is COC(=O)COc1ccc(C(C)CN(C)CC(OC)c2csc(C(F)(F)F)n2)cc1. The van der Waals surface area contributed by atoms with Gasteiger partial charge in [-0.3, -0.25) is 0 Å². The first-order valence-corrected chi connectivity index (χ1v) is 10.1. The molecule has 0 bridgehead atoms. The van der Waals surface area contributed by atoms with E-state index in [0.29, 0.717) is 30.2 Å². The number of halogens is 3. The van der Waals surface area contributed by atoms with Gasteiger partial charge in [0.15, 0.2) is 11.6 Å². The van der Waals surface area contributed by atoms with Gasteiger partial charge < -0.3 is 19.1 Å². The molecule has 0 spiro atoms. The zero-order valence-corrected chi connectivity index (χ0v) is 18.0. The van der Waals surface area contributed by atoms with Gasteiger partial charge in [0.2, 0.25) is 0 Å². The normalized spacial score (nSPS) is 13.9. The van der Waals surface area contributed by atoms with Crippen molar-refractivity contribution < 1.29 is 32.2 Å². The molecule has 30 heavy (non-hydrogen) atoms. The number of likely N-dealkylation sites (N-methyl/N-ethyl adjacent to an activating group) is 1. The fraction of sp³-hybridized carbons (Fsp3) is 0.500. The van der Waals surface area contributed by atoms with E-state index in [9.17, 15) is 18.0 Å². The Labute approximate surface area is 177 Å². The number of hydrogen-bond donors (Lipinski definition) is 0. The molecule has 0 aliphatic heterocycles. The van der Waals surface area contributed by atoms with Crippen LogP contribution >= 0.6 is 11.3 Å². The Morgan fingerprint density at radius 3 is 2.40 bits per heavy atom. The molecule has 0 saturated heterocycles. The Hall–Kier alpha value is -2.17. The summed E-state index contributed by atoms with van der Waals surface area (Å²) in [5.41, 5.74) is 1.34. The van der Waals surface area contributed by atoms with Crippen molar-refractivity contribution in [2.45, 2.75) is 25.1 Å². The molecule has 2 atom stereocenters. The number of hydrogen-bond acceptors (Lipinski definition) is 7. The molecular formula is C20H25F3N2O4S. The minimum atomic E-state index is -4.45. The van der Waals surface area contributed by atoms with Gasteiger partial charge in [0.05, 0.1) is 12.8 Å². The quantitative estimate of drug-likeness (QED) is 0.512. The van der Waals surface area contributed by atoms with Gasteiger partial charge in [0, 0.05) is 25.6 Å². The van der Waals surface area contributed by atoms with Gasteiger partial charge in [-0.25, -0.2) is 9.78 Å². The minimum Gasteiger partial charge on any atom is -0.482 e. The Bertz CT molecular complexity index is 811. The largest absolute Gasteiger partial charge is 0.482 e. The number of nitrogens with zero attached hydrogens (tertiary/aromatic N) is 2. The molecule has 6 nitrogen and oxygen atoms in total. The third kappa shape index (κ3) is 6.96. The van der Waals surface area contributed by atoms with Crippen molar-refractivity contribution in [3.63, 3.8) is 0 Å². The molecule has 0 fully saturated rings. The Kier molecular flexibility index (Phi) is 8.63. The number of carbonyl (C=O) groups is 1. The predicted molar refractivity (Wildman–Crippen MR) is 107 cm³/mol. The topological polar surface area (TPSA) is 60.9 Å². The lowest BCUT2D eigenvalue weighted by molar-refractivity contribution is -0.143. The maximum atomic E-state index is 12.8. The van der Waals surface area contributed by atoms with Crippen LogP contribution in [0, 0.1) is 0 Å². The predicted octanol–water partition coefficient (Wildman–Crippen LogP) is 4.14. The molecule has 2 aromatic rings. The standard InChI is InChI=1S/C20H25F3N2O4S/c1-13(14-5-7-15(8-6-14)29-11-18(26)28-4)9-25(2)10-17(27-3)16-12-30-19(24-16)20(21,22)23/h5-8,12-13,17H,9-11H2,1-4H3. The summed E-state index contributed by atoms with van der Waals surface area (Å²) in [4.78, 5) is 16.8.